The molecule has 0 saturated heterocycles. The lowest BCUT2D eigenvalue weighted by molar-refractivity contribution is -0.113. The van der Waals surface area contributed by atoms with Gasteiger partial charge in [-0.2, -0.15) is 0 Å². The smallest absolute Gasteiger partial charge is 0.251 e. The first kappa shape index (κ1) is 24.3. The number of hydrogen-bond donors (Lipinski definition) is 2. The third-order valence-electron chi connectivity index (χ3n) is 4.57. The highest BCUT2D eigenvalue weighted by molar-refractivity contribution is 7.99. The molecule has 2 amide bonds. The van der Waals surface area contributed by atoms with Crippen molar-refractivity contribution in [3.8, 4) is 5.75 Å². The summed E-state index contributed by atoms with van der Waals surface area (Å²) in [4.78, 5) is 24.6. The molecule has 10 heteroatoms. The minimum absolute atomic E-state index is 0.148. The van der Waals surface area contributed by atoms with Gasteiger partial charge >= 0.3 is 0 Å². The van der Waals surface area contributed by atoms with Gasteiger partial charge in [0.15, 0.2) is 5.16 Å². The summed E-state index contributed by atoms with van der Waals surface area (Å²) in [7, 11) is 1.58. The van der Waals surface area contributed by atoms with Gasteiger partial charge in [-0.3, -0.25) is 9.59 Å². The molecular weight excluding hydrogens is 462 g/mol. The average Bonchev–Trinajstić information content (AvgIpc) is 3.21. The highest BCUT2D eigenvalue weighted by Crippen LogP contribution is 2.22. The van der Waals surface area contributed by atoms with E-state index < -0.39 is 0 Å². The van der Waals surface area contributed by atoms with Gasteiger partial charge in [-0.05, 0) is 36.4 Å². The molecule has 0 unspecified atom stereocenters. The van der Waals surface area contributed by atoms with Gasteiger partial charge in [0.1, 0.15) is 11.6 Å². The van der Waals surface area contributed by atoms with Gasteiger partial charge in [-0.25, -0.2) is 0 Å². The number of carbonyl (C=O) groups is 2. The molecule has 0 aliphatic carbocycles. The van der Waals surface area contributed by atoms with E-state index in [-0.39, 0.29) is 17.6 Å². The Balaban J connectivity index is 1.54. The number of aromatic nitrogens is 3. The van der Waals surface area contributed by atoms with Gasteiger partial charge in [0.05, 0.1) is 23.6 Å². The molecule has 0 atom stereocenters. The van der Waals surface area contributed by atoms with Crippen LogP contribution in [0.15, 0.2) is 66.3 Å². The number of benzene rings is 2. The van der Waals surface area contributed by atoms with E-state index in [9.17, 15) is 9.59 Å². The summed E-state index contributed by atoms with van der Waals surface area (Å²) in [5.74, 6) is 1.15. The summed E-state index contributed by atoms with van der Waals surface area (Å²) < 4.78 is 6.98. The molecular formula is C23H24ClN5O3S. The second-order valence-electron chi connectivity index (χ2n) is 6.85. The topological polar surface area (TPSA) is 98.1 Å². The fraction of sp³-hybridized carbons (Fsp3) is 0.217. The minimum atomic E-state index is -0.199. The largest absolute Gasteiger partial charge is 0.497 e. The predicted molar refractivity (Wildman–Crippen MR) is 130 cm³/mol. The van der Waals surface area contributed by atoms with Crippen molar-refractivity contribution in [2.75, 3.05) is 24.7 Å². The van der Waals surface area contributed by atoms with Crippen molar-refractivity contribution in [2.24, 2.45) is 0 Å². The Bertz CT molecular complexity index is 1120. The first-order valence-electron chi connectivity index (χ1n) is 10.1. The maximum absolute atomic E-state index is 12.3. The lowest BCUT2D eigenvalue weighted by atomic mass is 10.2. The fourth-order valence-corrected chi connectivity index (χ4v) is 3.88. The van der Waals surface area contributed by atoms with Crippen LogP contribution < -0.4 is 15.4 Å². The quantitative estimate of drug-likeness (QED) is 0.316. The predicted octanol–water partition coefficient (Wildman–Crippen LogP) is 3.83. The number of rotatable bonds is 11. The summed E-state index contributed by atoms with van der Waals surface area (Å²) in [6.45, 7) is 4.66. The van der Waals surface area contributed by atoms with E-state index in [1.807, 2.05) is 4.57 Å². The number of halogens is 1. The van der Waals surface area contributed by atoms with Gasteiger partial charge in [0.2, 0.25) is 5.91 Å². The molecule has 0 bridgehead atoms. The lowest BCUT2D eigenvalue weighted by Gasteiger charge is -2.09. The molecule has 0 aliphatic heterocycles. The number of hydrogen-bond acceptors (Lipinski definition) is 6. The average molecular weight is 486 g/mol. The van der Waals surface area contributed by atoms with Crippen molar-refractivity contribution in [3.05, 3.63) is 77.6 Å². The van der Waals surface area contributed by atoms with Crippen LogP contribution in [0.2, 0.25) is 5.02 Å². The van der Waals surface area contributed by atoms with Crippen LogP contribution in [-0.4, -0.2) is 46.0 Å². The van der Waals surface area contributed by atoms with Crippen LogP contribution >= 0.6 is 23.4 Å². The second-order valence-corrected chi connectivity index (χ2v) is 8.20. The van der Waals surface area contributed by atoms with Crippen LogP contribution in [0.1, 0.15) is 16.2 Å². The zero-order valence-electron chi connectivity index (χ0n) is 18.1. The Kier molecular flexibility index (Phi) is 8.91. The zero-order chi connectivity index (χ0) is 23.6. The maximum Gasteiger partial charge on any atom is 0.251 e. The molecule has 3 aromatic rings. The van der Waals surface area contributed by atoms with Crippen LogP contribution in [0.5, 0.6) is 5.75 Å². The molecule has 1 heterocycles. The number of anilines is 1. The molecule has 33 heavy (non-hydrogen) atoms. The van der Waals surface area contributed by atoms with Gasteiger partial charge in [-0.1, -0.05) is 41.6 Å². The van der Waals surface area contributed by atoms with Crippen molar-refractivity contribution in [3.63, 3.8) is 0 Å². The Morgan fingerprint density at radius 2 is 1.94 bits per heavy atom. The molecule has 8 nitrogen and oxygen atoms in total. The van der Waals surface area contributed by atoms with E-state index in [1.165, 1.54) is 11.8 Å². The minimum Gasteiger partial charge on any atom is -0.497 e. The monoisotopic (exact) mass is 485 g/mol. The number of thioether (sulfide) groups is 1. The Labute approximate surface area is 201 Å². The number of nitrogens with one attached hydrogen (secondary N) is 2. The molecule has 0 radical (unpaired) electrons. The summed E-state index contributed by atoms with van der Waals surface area (Å²) in [5, 5.41) is 15.2. The van der Waals surface area contributed by atoms with Gasteiger partial charge in [0, 0.05) is 25.1 Å². The number of amides is 2. The molecule has 1 aromatic heterocycles. The molecule has 0 saturated carbocycles. The van der Waals surface area contributed by atoms with E-state index >= 15 is 0 Å². The highest BCUT2D eigenvalue weighted by Gasteiger charge is 2.15. The third kappa shape index (κ3) is 6.84. The van der Waals surface area contributed by atoms with Crippen LogP contribution in [0.4, 0.5) is 5.69 Å². The summed E-state index contributed by atoms with van der Waals surface area (Å²) in [5.41, 5.74) is 1.11. The fourth-order valence-electron chi connectivity index (χ4n) is 2.93. The van der Waals surface area contributed by atoms with Crippen molar-refractivity contribution in [1.82, 2.24) is 20.1 Å². The van der Waals surface area contributed by atoms with Gasteiger partial charge in [-0.15, -0.1) is 16.8 Å². The molecule has 0 spiro atoms. The van der Waals surface area contributed by atoms with E-state index in [4.69, 9.17) is 16.3 Å². The van der Waals surface area contributed by atoms with Gasteiger partial charge < -0.3 is 19.9 Å². The van der Waals surface area contributed by atoms with E-state index in [2.05, 4.69) is 27.4 Å². The Morgan fingerprint density at radius 1 is 1.18 bits per heavy atom. The number of para-hydroxylation sites is 1. The first-order chi connectivity index (χ1) is 16.0. The Hall–Kier alpha value is -3.30. The standard InChI is InChI=1S/C23H24ClN5O3S/c1-3-14-29-20(12-13-25-22(31)16-8-10-17(32-2)11-9-16)27-28-23(29)33-15-21(30)26-19-7-5-4-6-18(19)24/h3-11H,1,12-15H2,2H3,(H,25,31)(H,26,30). The zero-order valence-corrected chi connectivity index (χ0v) is 19.7. The second kappa shape index (κ2) is 12.1. The van der Waals surface area contributed by atoms with Crippen molar-refractivity contribution >= 4 is 40.9 Å². The molecule has 2 N–H and O–H groups in total. The lowest BCUT2D eigenvalue weighted by Crippen LogP contribution is -2.26. The van der Waals surface area contributed by atoms with Gasteiger partial charge in [0.25, 0.3) is 5.91 Å². The number of carbonyl (C=O) groups excluding carboxylic acids is 2. The summed E-state index contributed by atoms with van der Waals surface area (Å²) in [6, 6.07) is 13.9. The van der Waals surface area contributed by atoms with Crippen LogP contribution in [0.3, 0.4) is 0 Å². The number of ether oxygens (including phenoxy) is 1. The summed E-state index contributed by atoms with van der Waals surface area (Å²) >= 11 is 7.35. The van der Waals surface area contributed by atoms with Crippen molar-refractivity contribution < 1.29 is 14.3 Å². The number of methoxy groups -OCH3 is 1. The van der Waals surface area contributed by atoms with Crippen molar-refractivity contribution in [2.45, 2.75) is 18.1 Å². The molecule has 3 rings (SSSR count). The van der Waals surface area contributed by atoms with Crippen molar-refractivity contribution in [1.29, 1.82) is 0 Å². The molecule has 0 fully saturated rings. The molecule has 0 aliphatic rings. The van der Waals surface area contributed by atoms with Crippen LogP contribution in [0, 0.1) is 0 Å². The highest BCUT2D eigenvalue weighted by atomic mass is 35.5. The first-order valence-corrected chi connectivity index (χ1v) is 11.5. The number of allylic oxidation sites excluding steroid dienone is 1. The summed E-state index contributed by atoms with van der Waals surface area (Å²) in [6.07, 6.45) is 2.21. The van der Waals surface area contributed by atoms with E-state index in [0.29, 0.717) is 52.5 Å². The normalized spacial score (nSPS) is 10.5. The SMILES string of the molecule is C=CCn1c(CCNC(=O)c2ccc(OC)cc2)nnc1SCC(=O)Nc1ccccc1Cl. The van der Waals surface area contributed by atoms with Crippen LogP contribution in [-0.2, 0) is 17.8 Å². The third-order valence-corrected chi connectivity index (χ3v) is 5.87. The van der Waals surface area contributed by atoms with E-state index in [0.717, 1.165) is 0 Å². The Morgan fingerprint density at radius 3 is 2.64 bits per heavy atom. The maximum atomic E-state index is 12.3. The van der Waals surface area contributed by atoms with Crippen LogP contribution in [0.25, 0.3) is 0 Å². The van der Waals surface area contributed by atoms with E-state index in [1.54, 1.807) is 61.7 Å². The molecule has 2 aromatic carbocycles. The molecule has 172 valence electrons. The number of nitrogens with zero attached hydrogens (tertiary/aromatic N) is 3.